The van der Waals surface area contributed by atoms with E-state index in [0.717, 1.165) is 39.5 Å². The Kier molecular flexibility index (Phi) is 6.84. The van der Waals surface area contributed by atoms with Gasteiger partial charge in [-0.3, -0.25) is 0 Å². The third-order valence-corrected chi connectivity index (χ3v) is 10.0. The van der Waals surface area contributed by atoms with Crippen molar-refractivity contribution in [3.05, 3.63) is 181 Å². The molecular weight excluding hydrogens is 593 g/mol. The molecule has 0 radical (unpaired) electrons. The third-order valence-electron chi connectivity index (χ3n) is 10.0. The van der Waals surface area contributed by atoms with Crippen LogP contribution in [0.5, 0.6) is 0 Å². The second-order valence-electron chi connectivity index (χ2n) is 13.4. The summed E-state index contributed by atoms with van der Waals surface area (Å²) in [5.74, 6) is 0.755. The van der Waals surface area contributed by atoms with Crippen molar-refractivity contribution in [1.29, 1.82) is 0 Å². The van der Waals surface area contributed by atoms with Gasteiger partial charge in [-0.1, -0.05) is 172 Å². The first-order chi connectivity index (χ1) is 24.0. The topological polar surface area (TPSA) is 25.8 Å². The molecule has 9 rings (SSSR count). The summed E-state index contributed by atoms with van der Waals surface area (Å²) >= 11 is 0. The summed E-state index contributed by atoms with van der Waals surface area (Å²) in [6, 6.07) is 60.7. The number of aromatic nitrogens is 2. The lowest BCUT2D eigenvalue weighted by Gasteiger charge is -2.21. The summed E-state index contributed by atoms with van der Waals surface area (Å²) in [4.78, 5) is 10.7. The van der Waals surface area contributed by atoms with Crippen molar-refractivity contribution in [3.63, 3.8) is 0 Å². The molecule has 7 aromatic carbocycles. The van der Waals surface area contributed by atoms with Crippen molar-refractivity contribution < 1.29 is 0 Å². The average molecular weight is 627 g/mol. The molecule has 0 aliphatic heterocycles. The molecule has 1 aromatic heterocycles. The molecule has 232 valence electrons. The average Bonchev–Trinajstić information content (AvgIpc) is 3.41. The summed E-state index contributed by atoms with van der Waals surface area (Å²) < 4.78 is 0. The van der Waals surface area contributed by atoms with Crippen molar-refractivity contribution in [3.8, 4) is 67.2 Å². The van der Waals surface area contributed by atoms with Crippen LogP contribution in [-0.4, -0.2) is 9.97 Å². The predicted octanol–water partition coefficient (Wildman–Crippen LogP) is 12.3. The molecule has 0 amide bonds. The van der Waals surface area contributed by atoms with Gasteiger partial charge in [-0.2, -0.15) is 0 Å². The van der Waals surface area contributed by atoms with E-state index in [1.807, 2.05) is 6.07 Å². The number of hydrogen-bond acceptors (Lipinski definition) is 2. The lowest BCUT2D eigenvalue weighted by molar-refractivity contribution is 0.636. The van der Waals surface area contributed by atoms with Gasteiger partial charge >= 0.3 is 0 Å². The lowest BCUT2D eigenvalue weighted by atomic mass is 9.84. The molecule has 0 unspecified atom stereocenters. The van der Waals surface area contributed by atoms with Crippen LogP contribution in [0.3, 0.4) is 0 Å². The Bertz CT molecular complexity index is 2490. The molecule has 1 heterocycles. The number of nitrogens with zero attached hydrogens (tertiary/aromatic N) is 2. The fourth-order valence-corrected chi connectivity index (χ4v) is 7.47. The molecule has 1 aliphatic rings. The first-order valence-electron chi connectivity index (χ1n) is 16.9. The van der Waals surface area contributed by atoms with Gasteiger partial charge in [0.1, 0.15) is 0 Å². The molecule has 0 saturated heterocycles. The molecule has 0 spiro atoms. The minimum atomic E-state index is -0.280. The van der Waals surface area contributed by atoms with E-state index in [1.54, 1.807) is 0 Å². The van der Waals surface area contributed by atoms with Gasteiger partial charge in [0.2, 0.25) is 0 Å². The Balaban J connectivity index is 1.19. The van der Waals surface area contributed by atoms with Crippen molar-refractivity contribution in [2.45, 2.75) is 19.3 Å². The SMILES string of the molecule is CC1(C)c2ccc3ccccc3c2-c2c(-c3cccc(-c4cccc(-c5ccc(-c6ccccc6)cc5)c4)c3)nc(-c3ccccc3)nc21. The molecule has 1 aliphatic carbocycles. The number of fused-ring (bicyclic) bond motifs is 5. The zero-order valence-corrected chi connectivity index (χ0v) is 27.6. The highest BCUT2D eigenvalue weighted by Crippen LogP contribution is 2.53. The molecule has 0 N–H and O–H groups in total. The number of benzene rings is 7. The van der Waals surface area contributed by atoms with Gasteiger partial charge in [0.15, 0.2) is 5.82 Å². The first kappa shape index (κ1) is 29.1. The summed E-state index contributed by atoms with van der Waals surface area (Å²) in [6.45, 7) is 4.60. The van der Waals surface area contributed by atoms with E-state index in [4.69, 9.17) is 9.97 Å². The van der Waals surface area contributed by atoms with Crippen LogP contribution >= 0.6 is 0 Å². The summed E-state index contributed by atoms with van der Waals surface area (Å²) in [6.07, 6.45) is 0. The Morgan fingerprint density at radius 2 is 0.898 bits per heavy atom. The van der Waals surface area contributed by atoms with E-state index >= 15 is 0 Å². The second kappa shape index (κ2) is 11.5. The Morgan fingerprint density at radius 3 is 1.59 bits per heavy atom. The van der Waals surface area contributed by atoms with E-state index in [9.17, 15) is 0 Å². The molecule has 8 aromatic rings. The van der Waals surface area contributed by atoms with Crippen LogP contribution in [0.4, 0.5) is 0 Å². The maximum absolute atomic E-state index is 5.38. The van der Waals surface area contributed by atoms with Gasteiger partial charge in [0, 0.05) is 22.1 Å². The molecule has 0 atom stereocenters. The van der Waals surface area contributed by atoms with Crippen LogP contribution in [0, 0.1) is 0 Å². The van der Waals surface area contributed by atoms with Crippen molar-refractivity contribution in [1.82, 2.24) is 9.97 Å². The molecular formula is C47H34N2. The van der Waals surface area contributed by atoms with Crippen molar-refractivity contribution >= 4 is 10.8 Å². The number of hydrogen-bond donors (Lipinski definition) is 0. The molecule has 49 heavy (non-hydrogen) atoms. The minimum Gasteiger partial charge on any atom is -0.231 e. The van der Waals surface area contributed by atoms with E-state index in [1.165, 1.54) is 49.7 Å². The summed E-state index contributed by atoms with van der Waals surface area (Å²) in [5.41, 5.74) is 14.7. The van der Waals surface area contributed by atoms with Gasteiger partial charge in [-0.05, 0) is 67.4 Å². The van der Waals surface area contributed by atoms with Crippen LogP contribution < -0.4 is 0 Å². The Morgan fingerprint density at radius 1 is 0.388 bits per heavy atom. The molecule has 2 heteroatoms. The highest BCUT2D eigenvalue weighted by Gasteiger charge is 2.40. The highest BCUT2D eigenvalue weighted by atomic mass is 14.9. The van der Waals surface area contributed by atoms with E-state index in [2.05, 4.69) is 178 Å². The maximum Gasteiger partial charge on any atom is 0.160 e. The fourth-order valence-electron chi connectivity index (χ4n) is 7.47. The third kappa shape index (κ3) is 4.96. The van der Waals surface area contributed by atoms with Crippen molar-refractivity contribution in [2.75, 3.05) is 0 Å². The zero-order valence-electron chi connectivity index (χ0n) is 27.6. The van der Waals surface area contributed by atoms with Gasteiger partial charge in [0.25, 0.3) is 0 Å². The minimum absolute atomic E-state index is 0.280. The largest absolute Gasteiger partial charge is 0.231 e. The van der Waals surface area contributed by atoms with E-state index in [0.29, 0.717) is 0 Å². The fraction of sp³-hybridized carbons (Fsp3) is 0.0638. The van der Waals surface area contributed by atoms with Crippen LogP contribution in [0.15, 0.2) is 170 Å². The van der Waals surface area contributed by atoms with Gasteiger partial charge in [-0.25, -0.2) is 9.97 Å². The van der Waals surface area contributed by atoms with Gasteiger partial charge in [0.05, 0.1) is 11.4 Å². The van der Waals surface area contributed by atoms with Crippen molar-refractivity contribution in [2.24, 2.45) is 0 Å². The normalized spacial score (nSPS) is 12.9. The van der Waals surface area contributed by atoms with Gasteiger partial charge < -0.3 is 0 Å². The van der Waals surface area contributed by atoms with E-state index in [-0.39, 0.29) is 5.41 Å². The monoisotopic (exact) mass is 626 g/mol. The van der Waals surface area contributed by atoms with E-state index < -0.39 is 0 Å². The van der Waals surface area contributed by atoms with Gasteiger partial charge in [-0.15, -0.1) is 0 Å². The summed E-state index contributed by atoms with van der Waals surface area (Å²) in [7, 11) is 0. The predicted molar refractivity (Wildman–Crippen MR) is 204 cm³/mol. The number of rotatable bonds is 5. The Labute approximate surface area is 287 Å². The molecule has 0 bridgehead atoms. The maximum atomic E-state index is 5.38. The smallest absolute Gasteiger partial charge is 0.160 e. The second-order valence-corrected chi connectivity index (χ2v) is 13.4. The highest BCUT2D eigenvalue weighted by molar-refractivity contribution is 6.05. The summed E-state index contributed by atoms with van der Waals surface area (Å²) in [5, 5.41) is 2.47. The quantitative estimate of drug-likeness (QED) is 0.190. The lowest BCUT2D eigenvalue weighted by Crippen LogP contribution is -2.17. The standard InChI is InChI=1S/C47H34N2/c1-47(2)41-28-27-34-15-9-10-22-40(34)42(41)43-44(48-46(49-45(43)47)35-16-7-4-8-17-35)39-21-12-20-38(30-39)37-19-11-18-36(29-37)33-25-23-32(24-26-33)31-13-5-3-6-14-31/h3-30H,1-2H3. The Hall–Kier alpha value is -6.12. The van der Waals surface area contributed by atoms with Crippen LogP contribution in [0.1, 0.15) is 25.1 Å². The molecule has 2 nitrogen and oxygen atoms in total. The molecule has 0 saturated carbocycles. The van der Waals surface area contributed by atoms with Crippen LogP contribution in [0.2, 0.25) is 0 Å². The molecule has 0 fully saturated rings. The van der Waals surface area contributed by atoms with Crippen LogP contribution in [0.25, 0.3) is 77.9 Å². The first-order valence-corrected chi connectivity index (χ1v) is 16.9. The van der Waals surface area contributed by atoms with Crippen LogP contribution in [-0.2, 0) is 5.41 Å². The zero-order chi connectivity index (χ0) is 33.0.